The fraction of sp³-hybridized carbons (Fsp3) is 0.576. The fourth-order valence-electron chi connectivity index (χ4n) is 7.38. The van der Waals surface area contributed by atoms with Crippen molar-refractivity contribution in [2.45, 2.75) is 77.0 Å². The van der Waals surface area contributed by atoms with Crippen molar-refractivity contribution in [2.24, 2.45) is 28.1 Å². The number of rotatable bonds is 13. The lowest BCUT2D eigenvalue weighted by atomic mass is 9.45. The van der Waals surface area contributed by atoms with E-state index >= 15 is 0 Å². The van der Waals surface area contributed by atoms with E-state index in [1.165, 1.54) is 23.1 Å². The molecular formula is C33H46N4O2. The van der Waals surface area contributed by atoms with Gasteiger partial charge in [0.15, 0.2) is 0 Å². The molecule has 0 heterocycles. The van der Waals surface area contributed by atoms with Crippen LogP contribution in [0.5, 0.6) is 11.5 Å². The molecule has 2 bridgehead atoms. The van der Waals surface area contributed by atoms with Crippen LogP contribution in [0.15, 0.2) is 59.2 Å². The van der Waals surface area contributed by atoms with Gasteiger partial charge in [0.05, 0.1) is 14.2 Å². The molecule has 6 nitrogen and oxygen atoms in total. The quantitative estimate of drug-likeness (QED) is 0.0928. The van der Waals surface area contributed by atoms with Gasteiger partial charge in [-0.3, -0.25) is 0 Å². The largest absolute Gasteiger partial charge is 0.496 e. The zero-order valence-corrected chi connectivity index (χ0v) is 24.6. The topological polar surface area (TPSA) is 93.2 Å². The first-order valence-corrected chi connectivity index (χ1v) is 14.4. The Morgan fingerprint density at radius 2 is 1.74 bits per heavy atom. The zero-order valence-electron chi connectivity index (χ0n) is 24.6. The van der Waals surface area contributed by atoms with Crippen molar-refractivity contribution in [1.29, 1.82) is 0 Å². The van der Waals surface area contributed by atoms with Gasteiger partial charge in [-0.2, -0.15) is 0 Å². The maximum absolute atomic E-state index is 8.58. The van der Waals surface area contributed by atoms with E-state index in [4.69, 9.17) is 20.7 Å². The van der Waals surface area contributed by atoms with Gasteiger partial charge in [-0.1, -0.05) is 87.6 Å². The van der Waals surface area contributed by atoms with E-state index in [0.29, 0.717) is 30.8 Å². The number of benzene rings is 2. The molecule has 0 spiro atoms. The van der Waals surface area contributed by atoms with E-state index in [2.05, 4.69) is 86.3 Å². The van der Waals surface area contributed by atoms with Crippen molar-refractivity contribution in [3.05, 3.63) is 81.2 Å². The fourth-order valence-corrected chi connectivity index (χ4v) is 7.38. The summed E-state index contributed by atoms with van der Waals surface area (Å²) in [5.41, 5.74) is 19.9. The summed E-state index contributed by atoms with van der Waals surface area (Å²) in [5.74, 6) is 3.46. The van der Waals surface area contributed by atoms with Crippen molar-refractivity contribution in [1.82, 2.24) is 0 Å². The summed E-state index contributed by atoms with van der Waals surface area (Å²) in [5, 5.41) is 3.70. The summed E-state index contributed by atoms with van der Waals surface area (Å²) >= 11 is 0. The molecule has 2 aromatic rings. The number of unbranched alkanes of at least 4 members (excludes halogenated alkanes) is 2. The van der Waals surface area contributed by atoms with E-state index in [9.17, 15) is 0 Å². The van der Waals surface area contributed by atoms with Crippen LogP contribution in [-0.4, -0.2) is 27.3 Å². The van der Waals surface area contributed by atoms with Crippen LogP contribution in [0.1, 0.15) is 88.3 Å². The van der Waals surface area contributed by atoms with E-state index in [-0.39, 0.29) is 16.7 Å². The Morgan fingerprint density at radius 3 is 2.31 bits per heavy atom. The van der Waals surface area contributed by atoms with Crippen LogP contribution in [0.25, 0.3) is 10.4 Å². The molecule has 2 aromatic carbocycles. The van der Waals surface area contributed by atoms with Gasteiger partial charge in [-0.05, 0) is 76.6 Å². The number of nitrogens with two attached hydrogens (primary N) is 1. The Hall–Kier alpha value is -2.95. The minimum atomic E-state index is -0.170. The van der Waals surface area contributed by atoms with Crippen LogP contribution in [0.2, 0.25) is 0 Å². The Kier molecular flexibility index (Phi) is 8.98. The third-order valence-electron chi connectivity index (χ3n) is 9.86. The summed E-state index contributed by atoms with van der Waals surface area (Å²) in [4.78, 5) is 2.88. The lowest BCUT2D eigenvalue weighted by Crippen LogP contribution is -2.52. The standard InChI is InChI=1S/C33H46N4O2/c1-32(2,26(22-13-9-7-10-14-22)15-11-8-12-16-36-37-35)24-18-29(38-5)31(30(19-24)39-6)25-17-23(21-34)27-20-28(25)33(27,3)4/h7,9-10,13-14,17-19,25-28H,8,11-12,15-16,20-21,34H2,1-6H3/t25-,26+,27+,28-/m0/s1. The lowest BCUT2D eigenvalue weighted by Gasteiger charge is -2.59. The summed E-state index contributed by atoms with van der Waals surface area (Å²) in [6, 6.07) is 15.3. The molecule has 2 N–H and O–H groups in total. The Labute approximate surface area is 234 Å². The van der Waals surface area contributed by atoms with Gasteiger partial charge < -0.3 is 15.2 Å². The Bertz CT molecular complexity index is 1190. The van der Waals surface area contributed by atoms with E-state index < -0.39 is 0 Å². The molecule has 210 valence electrons. The van der Waals surface area contributed by atoms with Gasteiger partial charge in [-0.25, -0.2) is 0 Å². The third kappa shape index (κ3) is 5.55. The Balaban J connectivity index is 1.71. The molecule has 3 aliphatic rings. The van der Waals surface area contributed by atoms with Gasteiger partial charge >= 0.3 is 0 Å². The van der Waals surface area contributed by atoms with E-state index in [0.717, 1.165) is 42.7 Å². The number of ether oxygens (including phenoxy) is 2. The van der Waals surface area contributed by atoms with Gasteiger partial charge in [0, 0.05) is 29.5 Å². The number of methoxy groups -OCH3 is 2. The molecule has 5 rings (SSSR count). The lowest BCUT2D eigenvalue weighted by molar-refractivity contribution is -0.0206. The average molecular weight is 531 g/mol. The highest BCUT2D eigenvalue weighted by Gasteiger charge is 2.56. The molecule has 39 heavy (non-hydrogen) atoms. The van der Waals surface area contributed by atoms with Crippen molar-refractivity contribution in [3.8, 4) is 11.5 Å². The first kappa shape index (κ1) is 29.0. The molecule has 0 amide bonds. The van der Waals surface area contributed by atoms with Crippen LogP contribution >= 0.6 is 0 Å². The summed E-state index contributed by atoms with van der Waals surface area (Å²) < 4.78 is 12.2. The summed E-state index contributed by atoms with van der Waals surface area (Å²) in [6.07, 6.45) is 7.65. The molecule has 0 saturated heterocycles. The average Bonchev–Trinajstić information content (AvgIpc) is 2.95. The van der Waals surface area contributed by atoms with Gasteiger partial charge in [-0.15, -0.1) is 0 Å². The van der Waals surface area contributed by atoms with Crippen molar-refractivity contribution in [2.75, 3.05) is 27.3 Å². The SMILES string of the molecule is COc1cc(C(C)(C)[C@H](CCCCCN=[N+]=[N-])c2ccccc2)cc(OC)c1[C@H]1C=C(CN)[C@H]2C[C@@H]1C2(C)C. The van der Waals surface area contributed by atoms with E-state index in [1.807, 2.05) is 0 Å². The maximum atomic E-state index is 8.58. The molecular weight excluding hydrogens is 484 g/mol. The predicted molar refractivity (Wildman–Crippen MR) is 159 cm³/mol. The number of hydrogen-bond donors (Lipinski definition) is 1. The first-order valence-electron chi connectivity index (χ1n) is 14.4. The molecule has 0 unspecified atom stereocenters. The first-order chi connectivity index (χ1) is 18.7. The number of fused-ring (bicyclic) bond motifs is 1. The molecule has 4 atom stereocenters. The number of allylic oxidation sites excluding steroid dienone is 1. The van der Waals surface area contributed by atoms with Crippen LogP contribution in [0.3, 0.4) is 0 Å². The normalized spacial score (nSPS) is 22.2. The summed E-state index contributed by atoms with van der Waals surface area (Å²) in [7, 11) is 3.55. The van der Waals surface area contributed by atoms with Gasteiger partial charge in [0.2, 0.25) is 0 Å². The van der Waals surface area contributed by atoms with Crippen molar-refractivity contribution >= 4 is 0 Å². The second-order valence-electron chi connectivity index (χ2n) is 12.5. The van der Waals surface area contributed by atoms with Crippen LogP contribution in [0.4, 0.5) is 0 Å². The minimum Gasteiger partial charge on any atom is -0.496 e. The predicted octanol–water partition coefficient (Wildman–Crippen LogP) is 8.28. The summed E-state index contributed by atoms with van der Waals surface area (Å²) in [6.45, 7) is 10.6. The van der Waals surface area contributed by atoms with Crippen molar-refractivity contribution in [3.63, 3.8) is 0 Å². The molecule has 1 saturated carbocycles. The second-order valence-corrected chi connectivity index (χ2v) is 12.5. The molecule has 0 radical (unpaired) electrons. The highest BCUT2D eigenvalue weighted by atomic mass is 16.5. The van der Waals surface area contributed by atoms with E-state index in [1.54, 1.807) is 14.2 Å². The van der Waals surface area contributed by atoms with Gasteiger partial charge in [0.1, 0.15) is 11.5 Å². The number of nitrogens with zero attached hydrogens (tertiary/aromatic N) is 3. The maximum Gasteiger partial charge on any atom is 0.126 e. The number of hydrogen-bond acceptors (Lipinski definition) is 4. The Morgan fingerprint density at radius 1 is 1.08 bits per heavy atom. The van der Waals surface area contributed by atoms with Crippen LogP contribution in [0, 0.1) is 17.3 Å². The van der Waals surface area contributed by atoms with Crippen LogP contribution in [-0.2, 0) is 5.41 Å². The zero-order chi connectivity index (χ0) is 28.2. The molecule has 1 fully saturated rings. The molecule has 0 aliphatic heterocycles. The van der Waals surface area contributed by atoms with Gasteiger partial charge in [0.25, 0.3) is 0 Å². The minimum absolute atomic E-state index is 0.170. The monoisotopic (exact) mass is 530 g/mol. The van der Waals surface area contributed by atoms with Crippen LogP contribution < -0.4 is 15.2 Å². The second kappa shape index (κ2) is 12.1. The molecule has 0 aromatic heterocycles. The molecule has 6 heteroatoms. The smallest absolute Gasteiger partial charge is 0.126 e. The highest BCUT2D eigenvalue weighted by Crippen LogP contribution is 2.65. The van der Waals surface area contributed by atoms with Crippen molar-refractivity contribution < 1.29 is 9.47 Å². The highest BCUT2D eigenvalue weighted by molar-refractivity contribution is 5.56. The molecule has 3 aliphatic carbocycles. The number of azide groups is 1. The third-order valence-corrected chi connectivity index (χ3v) is 9.86.